The molecule has 0 fully saturated rings. The summed E-state index contributed by atoms with van der Waals surface area (Å²) in [5, 5.41) is 8.42. The van der Waals surface area contributed by atoms with Gasteiger partial charge < -0.3 is 20.3 Å². The van der Waals surface area contributed by atoms with Gasteiger partial charge in [-0.1, -0.05) is 86.6 Å². The predicted molar refractivity (Wildman–Crippen MR) is 166 cm³/mol. The number of urea groups is 1. The Kier molecular flexibility index (Phi) is 11.0. The van der Waals surface area contributed by atoms with Crippen LogP contribution < -0.4 is 10.6 Å². The van der Waals surface area contributed by atoms with E-state index in [0.29, 0.717) is 36.3 Å². The van der Waals surface area contributed by atoms with Crippen molar-refractivity contribution in [1.29, 1.82) is 0 Å². The lowest BCUT2D eigenvalue weighted by Gasteiger charge is -2.22. The first-order chi connectivity index (χ1) is 19.9. The molecule has 4 rings (SSSR count). The Labute approximate surface area is 246 Å². The van der Waals surface area contributed by atoms with Crippen molar-refractivity contribution in [2.75, 3.05) is 32.1 Å². The molecule has 3 aromatic carbocycles. The summed E-state index contributed by atoms with van der Waals surface area (Å²) in [6, 6.07) is 28.3. The third kappa shape index (κ3) is 8.74. The number of nitrogens with one attached hydrogen (secondary N) is 2. The number of ether oxygens (including phenoxy) is 1. The van der Waals surface area contributed by atoms with Gasteiger partial charge in [-0.2, -0.15) is 0 Å². The first-order valence-electron chi connectivity index (χ1n) is 13.9. The third-order valence-corrected chi connectivity index (χ3v) is 7.75. The fraction of sp³-hybridized carbons (Fsp3) is 0.303. The van der Waals surface area contributed by atoms with Crippen molar-refractivity contribution in [3.05, 3.63) is 118 Å². The molecule has 0 bridgehead atoms. The van der Waals surface area contributed by atoms with Crippen LogP contribution in [0.2, 0.25) is 0 Å². The number of hydrogen-bond donors (Lipinski definition) is 2. The molecule has 0 radical (unpaired) electrons. The number of rotatable bonds is 13. The Morgan fingerprint density at radius 2 is 1.54 bits per heavy atom. The summed E-state index contributed by atoms with van der Waals surface area (Å²) in [4.78, 5) is 32.2. The van der Waals surface area contributed by atoms with Crippen LogP contribution in [0.25, 0.3) is 0 Å². The highest BCUT2D eigenvalue weighted by Gasteiger charge is 2.19. The van der Waals surface area contributed by atoms with Crippen molar-refractivity contribution >= 4 is 29.0 Å². The number of hydrogen-bond acceptors (Lipinski definition) is 5. The molecule has 0 aliphatic rings. The van der Waals surface area contributed by atoms with E-state index in [2.05, 4.69) is 53.7 Å². The number of carbonyl (C=O) groups is 2. The zero-order valence-corrected chi connectivity index (χ0v) is 24.7. The third-order valence-electron chi connectivity index (χ3n) is 6.91. The maximum absolute atomic E-state index is 13.1. The molecule has 0 unspecified atom stereocenters. The van der Waals surface area contributed by atoms with Crippen molar-refractivity contribution in [3.8, 4) is 0 Å². The van der Waals surface area contributed by atoms with Gasteiger partial charge in [0.15, 0.2) is 0 Å². The van der Waals surface area contributed by atoms with E-state index < -0.39 is 0 Å². The molecule has 2 N–H and O–H groups in total. The number of benzene rings is 3. The minimum atomic E-state index is -0.242. The zero-order valence-electron chi connectivity index (χ0n) is 23.9. The number of aromatic nitrogens is 1. The summed E-state index contributed by atoms with van der Waals surface area (Å²) < 4.78 is 5.22. The number of methoxy groups -OCH3 is 1. The van der Waals surface area contributed by atoms with E-state index in [1.807, 2.05) is 60.7 Å². The molecule has 214 valence electrons. The van der Waals surface area contributed by atoms with Crippen LogP contribution in [0, 0.1) is 0 Å². The smallest absolute Gasteiger partial charge is 0.322 e. The Bertz CT molecular complexity index is 1340. The molecule has 0 spiro atoms. The van der Waals surface area contributed by atoms with E-state index in [9.17, 15) is 9.59 Å². The molecule has 0 saturated carbocycles. The summed E-state index contributed by atoms with van der Waals surface area (Å²) in [5.74, 6) is 0.382. The molecule has 41 heavy (non-hydrogen) atoms. The molecule has 4 aromatic rings. The van der Waals surface area contributed by atoms with Crippen LogP contribution in [0.4, 0.5) is 10.5 Å². The Morgan fingerprint density at radius 1 is 0.902 bits per heavy atom. The Hall–Kier alpha value is -4.01. The van der Waals surface area contributed by atoms with E-state index >= 15 is 0 Å². The van der Waals surface area contributed by atoms with Crippen molar-refractivity contribution in [3.63, 3.8) is 0 Å². The van der Waals surface area contributed by atoms with Gasteiger partial charge in [-0.25, -0.2) is 9.78 Å². The number of thiazole rings is 1. The average molecular weight is 571 g/mol. The monoisotopic (exact) mass is 570 g/mol. The second-order valence-corrected chi connectivity index (χ2v) is 11.1. The van der Waals surface area contributed by atoms with Gasteiger partial charge in [0.05, 0.1) is 13.2 Å². The van der Waals surface area contributed by atoms with Crippen LogP contribution in [-0.2, 0) is 11.3 Å². The molecular weight excluding hydrogens is 532 g/mol. The summed E-state index contributed by atoms with van der Waals surface area (Å²) in [7, 11) is 1.60. The molecule has 1 aromatic heterocycles. The second kappa shape index (κ2) is 15.1. The maximum Gasteiger partial charge on any atom is 0.322 e. The molecule has 7 nitrogen and oxygen atoms in total. The van der Waals surface area contributed by atoms with Gasteiger partial charge in [-0.05, 0) is 41.2 Å². The summed E-state index contributed by atoms with van der Waals surface area (Å²) >= 11 is 1.37. The molecule has 0 saturated heterocycles. The van der Waals surface area contributed by atoms with Crippen molar-refractivity contribution in [2.24, 2.45) is 0 Å². The quantitative estimate of drug-likeness (QED) is 0.183. The van der Waals surface area contributed by atoms with Crippen LogP contribution in [0.1, 0.15) is 64.3 Å². The van der Waals surface area contributed by atoms with Gasteiger partial charge in [0, 0.05) is 37.2 Å². The van der Waals surface area contributed by atoms with Gasteiger partial charge >= 0.3 is 6.03 Å². The van der Waals surface area contributed by atoms with Crippen molar-refractivity contribution in [1.82, 2.24) is 15.2 Å². The van der Waals surface area contributed by atoms with Crippen LogP contribution in [-0.4, -0.2) is 48.6 Å². The van der Waals surface area contributed by atoms with Crippen molar-refractivity contribution < 1.29 is 14.3 Å². The molecule has 8 heteroatoms. The summed E-state index contributed by atoms with van der Waals surface area (Å²) in [5.41, 5.74) is 4.73. The van der Waals surface area contributed by atoms with E-state index in [1.54, 1.807) is 17.4 Å². The van der Waals surface area contributed by atoms with E-state index in [0.717, 1.165) is 12.1 Å². The lowest BCUT2D eigenvalue weighted by Crippen LogP contribution is -2.36. The molecule has 1 heterocycles. The van der Waals surface area contributed by atoms with E-state index in [-0.39, 0.29) is 24.4 Å². The SMILES string of the molecule is COCCN(Cc1nc(C(=O)NCCC(c2ccccc2)c2ccccc2)cs1)C(=O)Nc1ccc(C(C)C)cc1. The lowest BCUT2D eigenvalue weighted by atomic mass is 9.88. The van der Waals surface area contributed by atoms with Crippen LogP contribution in [0.15, 0.2) is 90.3 Å². The van der Waals surface area contributed by atoms with E-state index in [4.69, 9.17) is 4.74 Å². The number of anilines is 1. The maximum atomic E-state index is 13.1. The molecule has 0 atom stereocenters. The fourth-order valence-electron chi connectivity index (χ4n) is 4.58. The highest BCUT2D eigenvalue weighted by atomic mass is 32.1. The molecule has 0 aliphatic heterocycles. The standard InChI is InChI=1S/C33H38N4O3S/c1-24(2)25-14-16-28(17-15-25)35-33(39)37(20-21-40-3)22-31-36-30(23-41-31)32(38)34-19-18-29(26-10-6-4-7-11-26)27-12-8-5-9-13-27/h4-17,23-24,29H,18-22H2,1-3H3,(H,34,38)(H,35,39). The molecular formula is C33H38N4O3S. The van der Waals surface area contributed by atoms with Gasteiger partial charge in [-0.15, -0.1) is 11.3 Å². The summed E-state index contributed by atoms with van der Waals surface area (Å²) in [6.07, 6.45) is 0.764. The topological polar surface area (TPSA) is 83.6 Å². The Balaban J connectivity index is 1.35. The number of carbonyl (C=O) groups excluding carboxylic acids is 2. The van der Waals surface area contributed by atoms with E-state index in [1.165, 1.54) is 28.0 Å². The fourth-order valence-corrected chi connectivity index (χ4v) is 5.36. The second-order valence-electron chi connectivity index (χ2n) is 10.2. The Morgan fingerprint density at radius 3 is 2.12 bits per heavy atom. The molecule has 0 aliphatic carbocycles. The van der Waals surface area contributed by atoms with Crippen molar-refractivity contribution in [2.45, 2.75) is 38.6 Å². The van der Waals surface area contributed by atoms with Gasteiger partial charge in [0.1, 0.15) is 10.7 Å². The highest BCUT2D eigenvalue weighted by Crippen LogP contribution is 2.27. The lowest BCUT2D eigenvalue weighted by molar-refractivity contribution is 0.0948. The van der Waals surface area contributed by atoms with Gasteiger partial charge in [-0.3, -0.25) is 4.79 Å². The van der Waals surface area contributed by atoms with Crippen LogP contribution in [0.3, 0.4) is 0 Å². The minimum absolute atomic E-state index is 0.179. The zero-order chi connectivity index (χ0) is 29.0. The minimum Gasteiger partial charge on any atom is -0.383 e. The normalized spacial score (nSPS) is 11.0. The number of amides is 3. The molecule has 3 amide bonds. The van der Waals surface area contributed by atoms with Crippen LogP contribution in [0.5, 0.6) is 0 Å². The number of nitrogens with zero attached hydrogens (tertiary/aromatic N) is 2. The predicted octanol–water partition coefficient (Wildman–Crippen LogP) is 6.90. The first-order valence-corrected chi connectivity index (χ1v) is 14.8. The first kappa shape index (κ1) is 30.0. The average Bonchev–Trinajstić information content (AvgIpc) is 3.47. The van der Waals surface area contributed by atoms with Gasteiger partial charge in [0.25, 0.3) is 5.91 Å². The van der Waals surface area contributed by atoms with Gasteiger partial charge in [0.2, 0.25) is 0 Å². The van der Waals surface area contributed by atoms with Crippen LogP contribution >= 0.6 is 11.3 Å². The largest absolute Gasteiger partial charge is 0.383 e. The highest BCUT2D eigenvalue weighted by molar-refractivity contribution is 7.09. The summed E-state index contributed by atoms with van der Waals surface area (Å²) in [6.45, 7) is 5.85.